The third-order valence-corrected chi connectivity index (χ3v) is 3.51. The van der Waals surface area contributed by atoms with Crippen LogP contribution >= 0.6 is 15.9 Å². The first-order valence-electron chi connectivity index (χ1n) is 6.28. The first-order chi connectivity index (χ1) is 10.1. The summed E-state index contributed by atoms with van der Waals surface area (Å²) in [7, 11) is 4.74. The van der Waals surface area contributed by atoms with Crippen molar-refractivity contribution in [3.63, 3.8) is 0 Å². The van der Waals surface area contributed by atoms with Gasteiger partial charge >= 0.3 is 0 Å². The molecule has 112 valence electrons. The van der Waals surface area contributed by atoms with Gasteiger partial charge in [0.15, 0.2) is 11.5 Å². The van der Waals surface area contributed by atoms with Gasteiger partial charge in [0.1, 0.15) is 5.82 Å². The van der Waals surface area contributed by atoms with Gasteiger partial charge in [0.2, 0.25) is 5.75 Å². The maximum absolute atomic E-state index is 5.33. The number of halogens is 1. The summed E-state index contributed by atoms with van der Waals surface area (Å²) in [5, 5.41) is 3.23. The average Bonchev–Trinajstić information content (AvgIpc) is 2.49. The van der Waals surface area contributed by atoms with Crippen LogP contribution in [-0.4, -0.2) is 26.3 Å². The number of aryl methyl sites for hydroxylation is 1. The van der Waals surface area contributed by atoms with E-state index in [2.05, 4.69) is 26.2 Å². The Labute approximate surface area is 132 Å². The Morgan fingerprint density at radius 3 is 2.10 bits per heavy atom. The maximum atomic E-state index is 5.33. The number of methoxy groups -OCH3 is 3. The minimum atomic E-state index is 0.557. The Balaban J connectivity index is 2.40. The number of rotatable bonds is 5. The third-order valence-electron chi connectivity index (χ3n) is 2.91. The van der Waals surface area contributed by atoms with Crippen LogP contribution in [0, 0.1) is 6.92 Å². The number of benzene rings is 1. The largest absolute Gasteiger partial charge is 0.493 e. The van der Waals surface area contributed by atoms with Gasteiger partial charge in [-0.3, -0.25) is 0 Å². The number of nitrogens with one attached hydrogen (secondary N) is 1. The Hall–Kier alpha value is -1.95. The van der Waals surface area contributed by atoms with Gasteiger partial charge in [-0.15, -0.1) is 0 Å². The number of hydrogen-bond donors (Lipinski definition) is 1. The molecule has 0 fully saturated rings. The Kier molecular flexibility index (Phi) is 4.90. The molecule has 0 spiro atoms. The van der Waals surface area contributed by atoms with Gasteiger partial charge in [-0.2, -0.15) is 0 Å². The number of aromatic nitrogens is 1. The fourth-order valence-electron chi connectivity index (χ4n) is 1.92. The van der Waals surface area contributed by atoms with Crippen molar-refractivity contribution in [3.8, 4) is 17.2 Å². The molecule has 1 aromatic carbocycles. The lowest BCUT2D eigenvalue weighted by molar-refractivity contribution is 0.324. The van der Waals surface area contributed by atoms with Crippen LogP contribution in [0.2, 0.25) is 0 Å². The molecule has 0 unspecified atom stereocenters. The Morgan fingerprint density at radius 2 is 1.62 bits per heavy atom. The molecule has 1 N–H and O–H groups in total. The van der Waals surface area contributed by atoms with Gasteiger partial charge in [0.25, 0.3) is 0 Å². The molecule has 1 aromatic heterocycles. The van der Waals surface area contributed by atoms with E-state index in [1.807, 2.05) is 25.1 Å². The lowest BCUT2D eigenvalue weighted by Crippen LogP contribution is -1.99. The first-order valence-corrected chi connectivity index (χ1v) is 7.07. The molecule has 21 heavy (non-hydrogen) atoms. The highest BCUT2D eigenvalue weighted by atomic mass is 79.9. The van der Waals surface area contributed by atoms with E-state index in [4.69, 9.17) is 14.2 Å². The molecule has 0 aliphatic rings. The van der Waals surface area contributed by atoms with E-state index in [1.165, 1.54) is 0 Å². The van der Waals surface area contributed by atoms with Crippen molar-refractivity contribution in [2.24, 2.45) is 0 Å². The molecule has 0 saturated heterocycles. The Morgan fingerprint density at radius 1 is 1.00 bits per heavy atom. The van der Waals surface area contributed by atoms with Crippen LogP contribution in [0.4, 0.5) is 11.5 Å². The fourth-order valence-corrected chi connectivity index (χ4v) is 2.48. The van der Waals surface area contributed by atoms with E-state index in [-0.39, 0.29) is 0 Å². The van der Waals surface area contributed by atoms with E-state index in [9.17, 15) is 0 Å². The molecule has 6 heteroatoms. The highest BCUT2D eigenvalue weighted by Crippen LogP contribution is 2.40. The molecule has 0 aliphatic carbocycles. The van der Waals surface area contributed by atoms with E-state index in [0.29, 0.717) is 17.2 Å². The summed E-state index contributed by atoms with van der Waals surface area (Å²) in [6.45, 7) is 1.99. The molecule has 0 amide bonds. The molecule has 0 saturated carbocycles. The summed E-state index contributed by atoms with van der Waals surface area (Å²) < 4.78 is 16.8. The molecule has 0 bridgehead atoms. The minimum Gasteiger partial charge on any atom is -0.493 e. The zero-order valence-electron chi connectivity index (χ0n) is 12.4. The molecule has 0 aliphatic heterocycles. The molecule has 0 atom stereocenters. The van der Waals surface area contributed by atoms with E-state index >= 15 is 0 Å². The van der Waals surface area contributed by atoms with Crippen molar-refractivity contribution in [2.45, 2.75) is 6.92 Å². The second kappa shape index (κ2) is 6.67. The van der Waals surface area contributed by atoms with E-state index in [0.717, 1.165) is 21.5 Å². The summed E-state index contributed by atoms with van der Waals surface area (Å²) >= 11 is 3.49. The van der Waals surface area contributed by atoms with Gasteiger partial charge in [0, 0.05) is 24.0 Å². The normalized spacial score (nSPS) is 10.1. The summed E-state index contributed by atoms with van der Waals surface area (Å²) in [4.78, 5) is 4.36. The molecule has 0 radical (unpaired) electrons. The van der Waals surface area contributed by atoms with Crippen molar-refractivity contribution in [3.05, 3.63) is 34.4 Å². The zero-order valence-corrected chi connectivity index (χ0v) is 13.9. The molecule has 5 nitrogen and oxygen atoms in total. The quantitative estimate of drug-likeness (QED) is 0.883. The second-order valence-electron chi connectivity index (χ2n) is 4.38. The number of pyridine rings is 1. The van der Waals surface area contributed by atoms with Crippen LogP contribution in [0.25, 0.3) is 0 Å². The topological polar surface area (TPSA) is 52.6 Å². The summed E-state index contributed by atoms with van der Waals surface area (Å²) in [5.74, 6) is 2.45. The standard InChI is InChI=1S/C15H17BrN2O3/c1-9-5-11(16)15(17-8-9)18-10-6-12(19-2)14(21-4)13(7-10)20-3/h5-8H,1-4H3,(H,17,18). The van der Waals surface area contributed by atoms with Gasteiger partial charge in [-0.25, -0.2) is 4.98 Å². The van der Waals surface area contributed by atoms with Crippen molar-refractivity contribution in [1.82, 2.24) is 4.98 Å². The SMILES string of the molecule is COc1cc(Nc2ncc(C)cc2Br)cc(OC)c1OC. The van der Waals surface area contributed by atoms with E-state index < -0.39 is 0 Å². The lowest BCUT2D eigenvalue weighted by Gasteiger charge is -2.15. The average molecular weight is 353 g/mol. The van der Waals surface area contributed by atoms with Crippen LogP contribution < -0.4 is 19.5 Å². The van der Waals surface area contributed by atoms with Crippen molar-refractivity contribution >= 4 is 27.4 Å². The number of hydrogen-bond acceptors (Lipinski definition) is 5. The molecule has 1 heterocycles. The smallest absolute Gasteiger partial charge is 0.203 e. The van der Waals surface area contributed by atoms with Crippen LogP contribution in [0.1, 0.15) is 5.56 Å². The second-order valence-corrected chi connectivity index (χ2v) is 5.24. The van der Waals surface area contributed by atoms with Gasteiger partial charge in [-0.1, -0.05) is 0 Å². The van der Waals surface area contributed by atoms with Gasteiger partial charge in [0.05, 0.1) is 25.8 Å². The highest BCUT2D eigenvalue weighted by Gasteiger charge is 2.14. The van der Waals surface area contributed by atoms with Crippen molar-refractivity contribution in [1.29, 1.82) is 0 Å². The maximum Gasteiger partial charge on any atom is 0.203 e. The minimum absolute atomic E-state index is 0.557. The van der Waals surface area contributed by atoms with Gasteiger partial charge in [-0.05, 0) is 34.5 Å². The lowest BCUT2D eigenvalue weighted by atomic mass is 10.2. The van der Waals surface area contributed by atoms with Crippen LogP contribution in [0.15, 0.2) is 28.9 Å². The van der Waals surface area contributed by atoms with E-state index in [1.54, 1.807) is 27.5 Å². The van der Waals surface area contributed by atoms with Crippen LogP contribution in [0.3, 0.4) is 0 Å². The van der Waals surface area contributed by atoms with Crippen molar-refractivity contribution in [2.75, 3.05) is 26.6 Å². The third kappa shape index (κ3) is 3.39. The number of nitrogens with zero attached hydrogens (tertiary/aromatic N) is 1. The molecular formula is C15H17BrN2O3. The predicted octanol–water partition coefficient (Wildman–Crippen LogP) is 3.92. The Bertz CT molecular complexity index is 622. The summed E-state index contributed by atoms with van der Waals surface area (Å²) in [6.07, 6.45) is 1.80. The monoisotopic (exact) mass is 352 g/mol. The van der Waals surface area contributed by atoms with Crippen LogP contribution in [0.5, 0.6) is 17.2 Å². The predicted molar refractivity (Wildman–Crippen MR) is 86.1 cm³/mol. The zero-order chi connectivity index (χ0) is 15.4. The number of anilines is 2. The highest BCUT2D eigenvalue weighted by molar-refractivity contribution is 9.10. The van der Waals surface area contributed by atoms with Crippen molar-refractivity contribution < 1.29 is 14.2 Å². The van der Waals surface area contributed by atoms with Gasteiger partial charge < -0.3 is 19.5 Å². The number of ether oxygens (including phenoxy) is 3. The summed E-state index contributed by atoms with van der Waals surface area (Å²) in [5.41, 5.74) is 1.87. The molecule has 2 rings (SSSR count). The van der Waals surface area contributed by atoms with Crippen LogP contribution in [-0.2, 0) is 0 Å². The molecule has 2 aromatic rings. The summed E-state index contributed by atoms with van der Waals surface area (Å²) in [6, 6.07) is 5.65. The fraction of sp³-hybridized carbons (Fsp3) is 0.267. The molecular weight excluding hydrogens is 336 g/mol. The first kappa shape index (κ1) is 15.4.